The monoisotopic (exact) mass is 437 g/mol. The van der Waals surface area contributed by atoms with Crippen molar-refractivity contribution in [1.29, 1.82) is 0 Å². The smallest absolute Gasteiger partial charge is 0.256 e. The Morgan fingerprint density at radius 1 is 1.03 bits per heavy atom. The zero-order valence-electron chi connectivity index (χ0n) is 17.4. The maximum Gasteiger partial charge on any atom is 0.256 e. The number of ether oxygens (including phenoxy) is 1. The average molecular weight is 438 g/mol. The summed E-state index contributed by atoms with van der Waals surface area (Å²) in [6.45, 7) is 2.04. The highest BCUT2D eigenvalue weighted by atomic mass is 35.5. The van der Waals surface area contributed by atoms with Crippen LogP contribution < -0.4 is 4.74 Å². The maximum atomic E-state index is 13.1. The van der Waals surface area contributed by atoms with E-state index in [9.17, 15) is 9.59 Å². The number of hydrogen-bond acceptors (Lipinski definition) is 4. The molecular weight excluding hydrogens is 414 g/mol. The molecule has 2 aromatic carbocycles. The molecule has 0 bridgehead atoms. The van der Waals surface area contributed by atoms with Crippen LogP contribution in [0.2, 0.25) is 5.02 Å². The largest absolute Gasteiger partial charge is 0.497 e. The molecule has 0 spiro atoms. The van der Waals surface area contributed by atoms with E-state index < -0.39 is 0 Å². The summed E-state index contributed by atoms with van der Waals surface area (Å²) in [6.07, 6.45) is 2.80. The minimum Gasteiger partial charge on any atom is -0.497 e. The van der Waals surface area contributed by atoms with Crippen LogP contribution in [-0.4, -0.2) is 59.9 Å². The average Bonchev–Trinajstić information content (AvgIpc) is 2.82. The lowest BCUT2D eigenvalue weighted by atomic mass is 10.1. The van der Waals surface area contributed by atoms with Crippen molar-refractivity contribution in [1.82, 2.24) is 14.8 Å². The fraction of sp³-hybridized carbons (Fsp3) is 0.292. The van der Waals surface area contributed by atoms with Gasteiger partial charge in [-0.25, -0.2) is 0 Å². The van der Waals surface area contributed by atoms with Gasteiger partial charge in [0.05, 0.1) is 18.2 Å². The third-order valence-electron chi connectivity index (χ3n) is 5.61. The van der Waals surface area contributed by atoms with Crippen LogP contribution in [0.1, 0.15) is 22.3 Å². The summed E-state index contributed by atoms with van der Waals surface area (Å²) in [4.78, 5) is 33.7. The number of aromatic nitrogens is 1. The number of piperazine rings is 1. The first kappa shape index (κ1) is 21.1. The second kappa shape index (κ2) is 9.35. The lowest BCUT2D eigenvalue weighted by Crippen LogP contribution is -2.50. The van der Waals surface area contributed by atoms with Crippen molar-refractivity contribution in [3.8, 4) is 5.75 Å². The minimum absolute atomic E-state index is 0.100. The number of benzene rings is 2. The standard InChI is InChI=1S/C24H24ClN3O3/c1-31-20-7-4-17(5-8-20)6-9-22(29)27-11-13-28(14-12-27)24(30)21-16-19(25)15-18-3-2-10-26-23(18)21/h2-5,7-8,10,15-16H,6,9,11-14H2,1H3. The fourth-order valence-electron chi connectivity index (χ4n) is 3.85. The van der Waals surface area contributed by atoms with Gasteiger partial charge in [-0.05, 0) is 42.3 Å². The van der Waals surface area contributed by atoms with E-state index in [1.54, 1.807) is 30.3 Å². The summed E-state index contributed by atoms with van der Waals surface area (Å²) in [5.41, 5.74) is 2.25. The van der Waals surface area contributed by atoms with Gasteiger partial charge in [0.1, 0.15) is 5.75 Å². The van der Waals surface area contributed by atoms with Gasteiger partial charge in [-0.3, -0.25) is 14.6 Å². The number of nitrogens with zero attached hydrogens (tertiary/aromatic N) is 3. The van der Waals surface area contributed by atoms with Gasteiger partial charge in [-0.2, -0.15) is 0 Å². The summed E-state index contributed by atoms with van der Waals surface area (Å²) in [7, 11) is 1.63. The van der Waals surface area contributed by atoms with E-state index in [0.717, 1.165) is 16.7 Å². The van der Waals surface area contributed by atoms with E-state index >= 15 is 0 Å². The number of halogens is 1. The molecule has 1 aromatic heterocycles. The highest BCUT2D eigenvalue weighted by Crippen LogP contribution is 2.24. The van der Waals surface area contributed by atoms with Gasteiger partial charge >= 0.3 is 0 Å². The number of fused-ring (bicyclic) bond motifs is 1. The normalized spacial score (nSPS) is 14.0. The molecule has 160 valence electrons. The molecule has 3 aromatic rings. The number of rotatable bonds is 5. The number of pyridine rings is 1. The van der Waals surface area contributed by atoms with Crippen molar-refractivity contribution < 1.29 is 14.3 Å². The highest BCUT2D eigenvalue weighted by Gasteiger charge is 2.26. The van der Waals surface area contributed by atoms with Crippen molar-refractivity contribution in [3.05, 3.63) is 70.9 Å². The van der Waals surface area contributed by atoms with Crippen molar-refractivity contribution in [2.75, 3.05) is 33.3 Å². The van der Waals surface area contributed by atoms with E-state index in [-0.39, 0.29) is 11.8 Å². The van der Waals surface area contributed by atoms with E-state index in [1.165, 1.54) is 0 Å². The van der Waals surface area contributed by atoms with Gasteiger partial charge in [0.25, 0.3) is 5.91 Å². The van der Waals surface area contributed by atoms with Crippen LogP contribution in [0.25, 0.3) is 10.9 Å². The number of methoxy groups -OCH3 is 1. The van der Waals surface area contributed by atoms with Crippen LogP contribution >= 0.6 is 11.6 Å². The third kappa shape index (κ3) is 4.80. The summed E-state index contributed by atoms with van der Waals surface area (Å²) in [5, 5.41) is 1.35. The Kier molecular flexibility index (Phi) is 6.37. The third-order valence-corrected chi connectivity index (χ3v) is 5.82. The number of amides is 2. The summed E-state index contributed by atoms with van der Waals surface area (Å²) in [5.74, 6) is 0.813. The Balaban J connectivity index is 1.35. The molecule has 1 saturated heterocycles. The predicted molar refractivity (Wildman–Crippen MR) is 121 cm³/mol. The first-order chi connectivity index (χ1) is 15.0. The van der Waals surface area contributed by atoms with Gasteiger partial charge in [-0.1, -0.05) is 29.8 Å². The molecule has 0 atom stereocenters. The van der Waals surface area contributed by atoms with Gasteiger partial charge in [0.2, 0.25) is 5.91 Å². The fourth-order valence-corrected chi connectivity index (χ4v) is 4.08. The van der Waals surface area contributed by atoms with Gasteiger partial charge in [0, 0.05) is 49.2 Å². The maximum absolute atomic E-state index is 13.1. The van der Waals surface area contributed by atoms with Crippen LogP contribution in [0, 0.1) is 0 Å². The van der Waals surface area contributed by atoms with E-state index in [2.05, 4.69) is 4.98 Å². The van der Waals surface area contributed by atoms with Crippen molar-refractivity contribution >= 4 is 34.3 Å². The Bertz CT molecular complexity index is 1090. The first-order valence-electron chi connectivity index (χ1n) is 10.3. The molecule has 2 heterocycles. The van der Waals surface area contributed by atoms with Crippen LogP contribution in [0.3, 0.4) is 0 Å². The second-order valence-corrected chi connectivity index (χ2v) is 7.99. The highest BCUT2D eigenvalue weighted by molar-refractivity contribution is 6.32. The SMILES string of the molecule is COc1ccc(CCC(=O)N2CCN(C(=O)c3cc(Cl)cc4cccnc34)CC2)cc1. The van der Waals surface area contributed by atoms with Crippen LogP contribution in [0.15, 0.2) is 54.7 Å². The Labute approximate surface area is 186 Å². The lowest BCUT2D eigenvalue weighted by Gasteiger charge is -2.35. The van der Waals surface area contributed by atoms with Crippen LogP contribution in [0.5, 0.6) is 5.75 Å². The summed E-state index contributed by atoms with van der Waals surface area (Å²) < 4.78 is 5.16. The van der Waals surface area contributed by atoms with Crippen molar-refractivity contribution in [2.24, 2.45) is 0 Å². The molecule has 1 aliphatic heterocycles. The minimum atomic E-state index is -0.100. The molecule has 7 heteroatoms. The second-order valence-electron chi connectivity index (χ2n) is 7.55. The Hall–Kier alpha value is -3.12. The summed E-state index contributed by atoms with van der Waals surface area (Å²) >= 11 is 6.22. The molecule has 0 unspecified atom stereocenters. The van der Waals surface area contributed by atoms with Crippen LogP contribution in [-0.2, 0) is 11.2 Å². The number of aryl methyl sites for hydroxylation is 1. The predicted octanol–water partition coefficient (Wildman–Crippen LogP) is 3.81. The van der Waals surface area contributed by atoms with Gasteiger partial charge in [0.15, 0.2) is 0 Å². The number of carbonyl (C=O) groups excluding carboxylic acids is 2. The molecule has 0 saturated carbocycles. The molecule has 1 fully saturated rings. The quantitative estimate of drug-likeness (QED) is 0.608. The van der Waals surface area contributed by atoms with Crippen molar-refractivity contribution in [3.63, 3.8) is 0 Å². The molecule has 2 amide bonds. The molecule has 0 aliphatic carbocycles. The number of hydrogen-bond donors (Lipinski definition) is 0. The molecule has 4 rings (SSSR count). The molecule has 0 N–H and O–H groups in total. The zero-order chi connectivity index (χ0) is 21.8. The summed E-state index contributed by atoms with van der Waals surface area (Å²) in [6, 6.07) is 15.0. The van der Waals surface area contributed by atoms with E-state index in [1.807, 2.05) is 41.3 Å². The Morgan fingerprint density at radius 2 is 1.74 bits per heavy atom. The topological polar surface area (TPSA) is 62.7 Å². The van der Waals surface area contributed by atoms with Crippen LogP contribution in [0.4, 0.5) is 0 Å². The van der Waals surface area contributed by atoms with E-state index in [0.29, 0.717) is 55.1 Å². The molecule has 1 aliphatic rings. The molecule has 0 radical (unpaired) electrons. The van der Waals surface area contributed by atoms with E-state index in [4.69, 9.17) is 16.3 Å². The number of carbonyl (C=O) groups is 2. The zero-order valence-corrected chi connectivity index (χ0v) is 18.1. The molecule has 6 nitrogen and oxygen atoms in total. The van der Waals surface area contributed by atoms with Gasteiger partial charge < -0.3 is 14.5 Å². The Morgan fingerprint density at radius 3 is 2.45 bits per heavy atom. The van der Waals surface area contributed by atoms with Gasteiger partial charge in [-0.15, -0.1) is 0 Å². The molecule has 31 heavy (non-hydrogen) atoms. The lowest BCUT2D eigenvalue weighted by molar-refractivity contribution is -0.132. The molecular formula is C24H24ClN3O3. The first-order valence-corrected chi connectivity index (χ1v) is 10.7. The van der Waals surface area contributed by atoms with Crippen molar-refractivity contribution in [2.45, 2.75) is 12.8 Å².